The van der Waals surface area contributed by atoms with Gasteiger partial charge in [-0.25, -0.2) is 9.97 Å². The Morgan fingerprint density at radius 1 is 1.24 bits per heavy atom. The molecule has 25 heavy (non-hydrogen) atoms. The summed E-state index contributed by atoms with van der Waals surface area (Å²) in [6.07, 6.45) is 9.51. The second-order valence-corrected chi connectivity index (χ2v) is 6.17. The summed E-state index contributed by atoms with van der Waals surface area (Å²) in [4.78, 5) is 27.0. The van der Waals surface area contributed by atoms with Crippen molar-refractivity contribution in [2.75, 3.05) is 26.3 Å². The Labute approximate surface area is 145 Å². The molecule has 7 heteroatoms. The third-order valence-corrected chi connectivity index (χ3v) is 4.44. The van der Waals surface area contributed by atoms with E-state index >= 15 is 0 Å². The third-order valence-electron chi connectivity index (χ3n) is 4.44. The van der Waals surface area contributed by atoms with E-state index in [4.69, 9.17) is 4.74 Å². The van der Waals surface area contributed by atoms with E-state index < -0.39 is 0 Å². The third kappa shape index (κ3) is 3.36. The van der Waals surface area contributed by atoms with Crippen LogP contribution < -0.4 is 0 Å². The normalized spacial score (nSPS) is 18.2. The van der Waals surface area contributed by atoms with Crippen LogP contribution in [0.5, 0.6) is 0 Å². The minimum Gasteiger partial charge on any atom is -0.379 e. The lowest BCUT2D eigenvalue weighted by Crippen LogP contribution is -2.37. The van der Waals surface area contributed by atoms with Crippen LogP contribution in [-0.2, 0) is 11.2 Å². The van der Waals surface area contributed by atoms with Crippen molar-refractivity contribution in [2.24, 2.45) is 5.92 Å². The lowest BCUT2D eigenvalue weighted by Gasteiger charge is -2.23. The summed E-state index contributed by atoms with van der Waals surface area (Å²) in [5.41, 5.74) is 2.54. The number of aromatic nitrogens is 4. The molecule has 1 atom stereocenters. The summed E-state index contributed by atoms with van der Waals surface area (Å²) >= 11 is 0. The van der Waals surface area contributed by atoms with Gasteiger partial charge in [0.25, 0.3) is 5.91 Å². The fourth-order valence-electron chi connectivity index (χ4n) is 3.23. The van der Waals surface area contributed by atoms with Gasteiger partial charge in [0.05, 0.1) is 24.4 Å². The van der Waals surface area contributed by atoms with Crippen molar-refractivity contribution >= 4 is 11.4 Å². The van der Waals surface area contributed by atoms with E-state index in [-0.39, 0.29) is 11.8 Å². The van der Waals surface area contributed by atoms with E-state index in [1.807, 2.05) is 29.6 Å². The molecule has 0 saturated carbocycles. The fourth-order valence-corrected chi connectivity index (χ4v) is 3.23. The summed E-state index contributed by atoms with van der Waals surface area (Å²) in [5.74, 6) is 0.119. The zero-order valence-electron chi connectivity index (χ0n) is 13.8. The van der Waals surface area contributed by atoms with Crippen LogP contribution in [-0.4, -0.2) is 56.5 Å². The second kappa shape index (κ2) is 6.98. The molecule has 0 N–H and O–H groups in total. The average Bonchev–Trinajstić information content (AvgIpc) is 3.02. The maximum Gasteiger partial charge on any atom is 0.272 e. The molecule has 4 heterocycles. The lowest BCUT2D eigenvalue weighted by atomic mass is 10.0. The molecule has 1 aliphatic heterocycles. The molecule has 7 nitrogen and oxygen atoms in total. The quantitative estimate of drug-likeness (QED) is 0.723. The average molecular weight is 337 g/mol. The maximum absolute atomic E-state index is 12.7. The van der Waals surface area contributed by atoms with Crippen LogP contribution in [0.3, 0.4) is 0 Å². The van der Waals surface area contributed by atoms with Gasteiger partial charge in [-0.2, -0.15) is 0 Å². The molecule has 4 rings (SSSR count). The SMILES string of the molecule is O=C(c1ccncn1)N1CCOCC(Cc2nccn3cccc23)C1. The van der Waals surface area contributed by atoms with Crippen LogP contribution in [0, 0.1) is 5.92 Å². The van der Waals surface area contributed by atoms with Gasteiger partial charge < -0.3 is 14.0 Å². The highest BCUT2D eigenvalue weighted by Crippen LogP contribution is 2.18. The predicted molar refractivity (Wildman–Crippen MR) is 91.1 cm³/mol. The predicted octanol–water partition coefficient (Wildman–Crippen LogP) is 1.46. The van der Waals surface area contributed by atoms with Crippen molar-refractivity contribution in [3.63, 3.8) is 0 Å². The van der Waals surface area contributed by atoms with Gasteiger partial charge in [-0.3, -0.25) is 9.78 Å². The van der Waals surface area contributed by atoms with Crippen molar-refractivity contribution in [1.82, 2.24) is 24.3 Å². The van der Waals surface area contributed by atoms with E-state index in [0.29, 0.717) is 32.0 Å². The molecule has 0 aromatic carbocycles. The van der Waals surface area contributed by atoms with Crippen molar-refractivity contribution in [2.45, 2.75) is 6.42 Å². The molecule has 1 saturated heterocycles. The molecular weight excluding hydrogens is 318 g/mol. The molecule has 128 valence electrons. The van der Waals surface area contributed by atoms with E-state index in [2.05, 4.69) is 25.4 Å². The zero-order chi connectivity index (χ0) is 17.1. The van der Waals surface area contributed by atoms with Crippen LogP contribution >= 0.6 is 0 Å². The number of hydrogen-bond donors (Lipinski definition) is 0. The highest BCUT2D eigenvalue weighted by Gasteiger charge is 2.25. The van der Waals surface area contributed by atoms with E-state index in [9.17, 15) is 4.79 Å². The first kappa shape index (κ1) is 15.7. The van der Waals surface area contributed by atoms with Crippen LogP contribution in [0.15, 0.2) is 49.3 Å². The Bertz CT molecular complexity index is 864. The molecule has 1 fully saturated rings. The molecule has 1 aliphatic rings. The van der Waals surface area contributed by atoms with Gasteiger partial charge in [-0.1, -0.05) is 0 Å². The van der Waals surface area contributed by atoms with Gasteiger partial charge in [-0.05, 0) is 24.6 Å². The minimum absolute atomic E-state index is 0.0771. The van der Waals surface area contributed by atoms with E-state index in [0.717, 1.165) is 17.6 Å². The first-order valence-corrected chi connectivity index (χ1v) is 8.35. The minimum atomic E-state index is -0.0771. The second-order valence-electron chi connectivity index (χ2n) is 6.17. The Balaban J connectivity index is 1.52. The Morgan fingerprint density at radius 2 is 2.20 bits per heavy atom. The molecule has 1 amide bonds. The molecular formula is C18H19N5O2. The van der Waals surface area contributed by atoms with Gasteiger partial charge in [0, 0.05) is 43.8 Å². The van der Waals surface area contributed by atoms with Crippen molar-refractivity contribution in [3.05, 3.63) is 60.7 Å². The zero-order valence-corrected chi connectivity index (χ0v) is 13.8. The monoisotopic (exact) mass is 337 g/mol. The van der Waals surface area contributed by atoms with Gasteiger partial charge in [0.2, 0.25) is 0 Å². The number of nitrogens with zero attached hydrogens (tertiary/aromatic N) is 5. The molecule has 0 spiro atoms. The summed E-state index contributed by atoms with van der Waals surface area (Å²) in [6, 6.07) is 5.71. The number of carbonyl (C=O) groups excluding carboxylic acids is 1. The molecule has 3 aromatic rings. The summed E-state index contributed by atoms with van der Waals surface area (Å²) in [5, 5.41) is 0. The highest BCUT2D eigenvalue weighted by molar-refractivity contribution is 5.92. The molecule has 0 aliphatic carbocycles. The largest absolute Gasteiger partial charge is 0.379 e. The van der Waals surface area contributed by atoms with E-state index in [1.165, 1.54) is 6.33 Å². The van der Waals surface area contributed by atoms with Crippen molar-refractivity contribution in [3.8, 4) is 0 Å². The first-order chi connectivity index (χ1) is 12.3. The Hall–Kier alpha value is -2.80. The highest BCUT2D eigenvalue weighted by atomic mass is 16.5. The number of fused-ring (bicyclic) bond motifs is 1. The van der Waals surface area contributed by atoms with Crippen LogP contribution in [0.1, 0.15) is 16.2 Å². The molecule has 1 unspecified atom stereocenters. The van der Waals surface area contributed by atoms with E-state index in [1.54, 1.807) is 12.3 Å². The van der Waals surface area contributed by atoms with Gasteiger partial charge in [0.15, 0.2) is 0 Å². The Kier molecular flexibility index (Phi) is 4.39. The smallest absolute Gasteiger partial charge is 0.272 e. The number of rotatable bonds is 3. The van der Waals surface area contributed by atoms with Gasteiger partial charge in [0.1, 0.15) is 12.0 Å². The summed E-state index contributed by atoms with van der Waals surface area (Å²) in [6.45, 7) is 2.36. The maximum atomic E-state index is 12.7. The topological polar surface area (TPSA) is 72.6 Å². The number of ether oxygens (including phenoxy) is 1. The van der Waals surface area contributed by atoms with Crippen LogP contribution in [0.4, 0.5) is 0 Å². The summed E-state index contributed by atoms with van der Waals surface area (Å²) < 4.78 is 7.79. The number of carbonyl (C=O) groups is 1. The van der Waals surface area contributed by atoms with Crippen molar-refractivity contribution < 1.29 is 9.53 Å². The van der Waals surface area contributed by atoms with Gasteiger partial charge >= 0.3 is 0 Å². The molecule has 0 bridgehead atoms. The molecule has 3 aromatic heterocycles. The van der Waals surface area contributed by atoms with Crippen LogP contribution in [0.2, 0.25) is 0 Å². The van der Waals surface area contributed by atoms with Crippen molar-refractivity contribution in [1.29, 1.82) is 0 Å². The number of amides is 1. The number of hydrogen-bond acceptors (Lipinski definition) is 5. The van der Waals surface area contributed by atoms with Crippen LogP contribution in [0.25, 0.3) is 5.52 Å². The first-order valence-electron chi connectivity index (χ1n) is 8.35. The summed E-state index contributed by atoms with van der Waals surface area (Å²) in [7, 11) is 0. The lowest BCUT2D eigenvalue weighted by molar-refractivity contribution is 0.0731. The standard InChI is InChI=1S/C18H19N5O2/c24-18(15-3-4-19-13-21-15)23-8-9-25-12-14(11-23)10-16-17-2-1-6-22(17)7-5-20-16/h1-7,13-14H,8-12H2. The fraction of sp³-hybridized carbons (Fsp3) is 0.333. The molecule has 0 radical (unpaired) electrons. The Morgan fingerprint density at radius 3 is 3.08 bits per heavy atom. The van der Waals surface area contributed by atoms with Gasteiger partial charge in [-0.15, -0.1) is 0 Å².